The van der Waals surface area contributed by atoms with E-state index in [1.165, 1.54) is 39.3 Å². The maximum Gasteiger partial charge on any atom is 0.121 e. The van der Waals surface area contributed by atoms with E-state index >= 15 is 0 Å². The van der Waals surface area contributed by atoms with Gasteiger partial charge in [0.1, 0.15) is 12.0 Å². The highest BCUT2D eigenvalue weighted by molar-refractivity contribution is 5.86. The number of para-hydroxylation sites is 1. The van der Waals surface area contributed by atoms with Crippen molar-refractivity contribution < 1.29 is 0 Å². The highest BCUT2D eigenvalue weighted by atomic mass is 15.4. The molecule has 2 heterocycles. The first kappa shape index (κ1) is 19.3. The minimum atomic E-state index is 0.261. The maximum absolute atomic E-state index is 2.36. The fourth-order valence-corrected chi connectivity index (χ4v) is 4.40. The van der Waals surface area contributed by atoms with Crippen molar-refractivity contribution in [2.24, 2.45) is 0 Å². The molecule has 0 amide bonds. The Hall–Kier alpha value is -3.72. The van der Waals surface area contributed by atoms with Crippen LogP contribution in [0.5, 0.6) is 0 Å². The van der Waals surface area contributed by atoms with E-state index in [0.29, 0.717) is 0 Å². The molecule has 1 aliphatic rings. The lowest BCUT2D eigenvalue weighted by Gasteiger charge is -2.30. The number of aromatic nitrogens is 1. The summed E-state index contributed by atoms with van der Waals surface area (Å²) < 4.78 is 2.36. The summed E-state index contributed by atoms with van der Waals surface area (Å²) in [5, 5.41) is 0. The Morgan fingerprint density at radius 3 is 1.77 bits per heavy atom. The van der Waals surface area contributed by atoms with Crippen LogP contribution in [-0.2, 0) is 0 Å². The lowest BCUT2D eigenvalue weighted by atomic mass is 9.95. The molecule has 0 saturated carbocycles. The zero-order chi connectivity index (χ0) is 21.4. The second-order valence-electron chi connectivity index (χ2n) is 8.13. The standard InChI is InChI=1S/C28H27N3/c1-21-17-18-31(28(21)30-20-19-29(3)22(30)2)27-25(23-11-6-4-7-12-23)15-10-16-26(27)24-13-8-5-9-14-24/h4-20,22H,1-3H3/t22-/m0/s1. The lowest BCUT2D eigenvalue weighted by Crippen LogP contribution is -2.34. The third-order valence-electron chi connectivity index (χ3n) is 6.20. The van der Waals surface area contributed by atoms with Gasteiger partial charge in [0.05, 0.1) is 5.69 Å². The van der Waals surface area contributed by atoms with Gasteiger partial charge in [0.2, 0.25) is 0 Å². The van der Waals surface area contributed by atoms with E-state index in [2.05, 4.69) is 139 Å². The van der Waals surface area contributed by atoms with E-state index in [-0.39, 0.29) is 6.17 Å². The molecule has 4 aromatic rings. The first-order chi connectivity index (χ1) is 15.1. The van der Waals surface area contributed by atoms with Crippen LogP contribution in [0.3, 0.4) is 0 Å². The molecular formula is C28H27N3. The normalized spacial score (nSPS) is 15.6. The minimum absolute atomic E-state index is 0.261. The van der Waals surface area contributed by atoms with Crippen LogP contribution in [0.25, 0.3) is 27.9 Å². The quantitative estimate of drug-likeness (QED) is 0.375. The predicted molar refractivity (Wildman–Crippen MR) is 130 cm³/mol. The summed E-state index contributed by atoms with van der Waals surface area (Å²) in [5.74, 6) is 1.20. The number of anilines is 1. The summed E-state index contributed by atoms with van der Waals surface area (Å²) in [7, 11) is 2.12. The summed E-state index contributed by atoms with van der Waals surface area (Å²) in [4.78, 5) is 4.59. The average Bonchev–Trinajstić information content (AvgIpc) is 3.35. The van der Waals surface area contributed by atoms with E-state index in [1.807, 2.05) is 0 Å². The minimum Gasteiger partial charge on any atom is -0.359 e. The second kappa shape index (κ2) is 7.84. The second-order valence-corrected chi connectivity index (χ2v) is 8.13. The van der Waals surface area contributed by atoms with Crippen LogP contribution in [0.2, 0.25) is 0 Å². The van der Waals surface area contributed by atoms with Crippen LogP contribution < -0.4 is 4.90 Å². The van der Waals surface area contributed by atoms with Crippen molar-refractivity contribution in [3.63, 3.8) is 0 Å². The number of benzene rings is 3. The Labute approximate surface area is 184 Å². The van der Waals surface area contributed by atoms with Gasteiger partial charge in [0.15, 0.2) is 0 Å². The number of rotatable bonds is 4. The third-order valence-corrected chi connectivity index (χ3v) is 6.20. The van der Waals surface area contributed by atoms with Gasteiger partial charge in [0.25, 0.3) is 0 Å². The van der Waals surface area contributed by atoms with Crippen LogP contribution >= 0.6 is 0 Å². The van der Waals surface area contributed by atoms with Gasteiger partial charge in [-0.2, -0.15) is 0 Å². The summed E-state index contributed by atoms with van der Waals surface area (Å²) in [6.07, 6.45) is 6.79. The SMILES string of the molecule is Cc1ccn(-c2c(-c3ccccc3)cccc2-c2ccccc2)c1N1C=CN(C)[C@@H]1C. The molecule has 0 saturated heterocycles. The highest BCUT2D eigenvalue weighted by Gasteiger charge is 2.26. The molecule has 0 bridgehead atoms. The third kappa shape index (κ3) is 3.32. The van der Waals surface area contributed by atoms with E-state index in [9.17, 15) is 0 Å². The average molecular weight is 406 g/mol. The van der Waals surface area contributed by atoms with Gasteiger partial charge >= 0.3 is 0 Å². The number of nitrogens with zero attached hydrogens (tertiary/aromatic N) is 3. The fraction of sp³-hybridized carbons (Fsp3) is 0.143. The number of aryl methyl sites for hydroxylation is 1. The van der Waals surface area contributed by atoms with E-state index in [0.717, 1.165) is 0 Å². The van der Waals surface area contributed by atoms with Crippen LogP contribution in [0.15, 0.2) is 104 Å². The van der Waals surface area contributed by atoms with Gasteiger partial charge in [-0.05, 0) is 36.6 Å². The Morgan fingerprint density at radius 1 is 0.677 bits per heavy atom. The number of hydrogen-bond donors (Lipinski definition) is 0. The van der Waals surface area contributed by atoms with E-state index < -0.39 is 0 Å². The molecule has 1 atom stereocenters. The predicted octanol–water partition coefficient (Wildman–Crippen LogP) is 6.69. The van der Waals surface area contributed by atoms with Gasteiger partial charge in [-0.3, -0.25) is 0 Å². The molecule has 0 N–H and O–H groups in total. The zero-order valence-corrected chi connectivity index (χ0v) is 18.2. The molecular weight excluding hydrogens is 378 g/mol. The van der Waals surface area contributed by atoms with Crippen molar-refractivity contribution >= 4 is 5.82 Å². The summed E-state index contributed by atoms with van der Waals surface area (Å²) in [6, 6.07) is 30.2. The molecule has 31 heavy (non-hydrogen) atoms. The molecule has 3 heteroatoms. The molecule has 3 aromatic carbocycles. The molecule has 0 radical (unpaired) electrons. The molecule has 3 nitrogen and oxygen atoms in total. The van der Waals surface area contributed by atoms with Crippen molar-refractivity contribution in [1.29, 1.82) is 0 Å². The highest BCUT2D eigenvalue weighted by Crippen LogP contribution is 2.40. The molecule has 0 spiro atoms. The molecule has 5 rings (SSSR count). The van der Waals surface area contributed by atoms with Crippen LogP contribution in [0.1, 0.15) is 12.5 Å². The zero-order valence-electron chi connectivity index (χ0n) is 18.2. The summed E-state index contributed by atoms with van der Waals surface area (Å²) in [6.45, 7) is 4.43. The van der Waals surface area contributed by atoms with Crippen LogP contribution in [0, 0.1) is 6.92 Å². The van der Waals surface area contributed by atoms with Gasteiger partial charge < -0.3 is 14.4 Å². The topological polar surface area (TPSA) is 11.4 Å². The smallest absolute Gasteiger partial charge is 0.121 e. The fourth-order valence-electron chi connectivity index (χ4n) is 4.40. The molecule has 0 unspecified atom stereocenters. The van der Waals surface area contributed by atoms with Crippen molar-refractivity contribution in [3.8, 4) is 27.9 Å². The maximum atomic E-state index is 2.36. The summed E-state index contributed by atoms with van der Waals surface area (Å²) >= 11 is 0. The van der Waals surface area contributed by atoms with Gasteiger partial charge in [0, 0.05) is 36.8 Å². The molecule has 154 valence electrons. The first-order valence-electron chi connectivity index (χ1n) is 10.8. The van der Waals surface area contributed by atoms with Crippen molar-refractivity contribution in [3.05, 3.63) is 109 Å². The molecule has 0 aliphatic carbocycles. The Bertz CT molecular complexity index is 1160. The molecule has 1 aromatic heterocycles. The Morgan fingerprint density at radius 2 is 1.26 bits per heavy atom. The largest absolute Gasteiger partial charge is 0.359 e. The molecule has 1 aliphatic heterocycles. The first-order valence-corrected chi connectivity index (χ1v) is 10.8. The molecule has 0 fully saturated rings. The van der Waals surface area contributed by atoms with Crippen LogP contribution in [-0.4, -0.2) is 22.7 Å². The Kier molecular flexibility index (Phi) is 4.87. The van der Waals surface area contributed by atoms with Gasteiger partial charge in [-0.1, -0.05) is 78.9 Å². The Balaban J connectivity index is 1.79. The monoisotopic (exact) mass is 405 g/mol. The van der Waals surface area contributed by atoms with Crippen molar-refractivity contribution in [2.45, 2.75) is 20.0 Å². The van der Waals surface area contributed by atoms with Gasteiger partial charge in [-0.15, -0.1) is 0 Å². The lowest BCUT2D eigenvalue weighted by molar-refractivity contribution is 0.381. The van der Waals surface area contributed by atoms with Gasteiger partial charge in [-0.25, -0.2) is 0 Å². The van der Waals surface area contributed by atoms with E-state index in [4.69, 9.17) is 0 Å². The summed E-state index contributed by atoms with van der Waals surface area (Å²) in [5.41, 5.74) is 7.35. The number of hydrogen-bond acceptors (Lipinski definition) is 2. The van der Waals surface area contributed by atoms with Crippen molar-refractivity contribution in [1.82, 2.24) is 9.47 Å². The van der Waals surface area contributed by atoms with E-state index in [1.54, 1.807) is 0 Å². The van der Waals surface area contributed by atoms with Crippen molar-refractivity contribution in [2.75, 3.05) is 11.9 Å². The van der Waals surface area contributed by atoms with Crippen LogP contribution in [0.4, 0.5) is 5.82 Å².